The second kappa shape index (κ2) is 5.85. The van der Waals surface area contributed by atoms with Crippen molar-refractivity contribution in [2.45, 2.75) is 18.4 Å². The number of hydrogen-bond acceptors (Lipinski definition) is 6. The highest BCUT2D eigenvalue weighted by Gasteiger charge is 2.30. The Morgan fingerprint density at radius 3 is 3.00 bits per heavy atom. The fourth-order valence-electron chi connectivity index (χ4n) is 2.33. The van der Waals surface area contributed by atoms with Gasteiger partial charge in [-0.05, 0) is 6.07 Å². The van der Waals surface area contributed by atoms with E-state index in [2.05, 4.69) is 10.1 Å². The van der Waals surface area contributed by atoms with Gasteiger partial charge in [0.05, 0.1) is 13.0 Å². The zero-order chi connectivity index (χ0) is 13.9. The van der Waals surface area contributed by atoms with Crippen molar-refractivity contribution >= 4 is 11.8 Å². The number of nitrogens with two attached hydrogens (primary N) is 1. The van der Waals surface area contributed by atoms with Crippen molar-refractivity contribution in [2.75, 3.05) is 18.6 Å². The maximum Gasteiger partial charge on any atom is 0.232 e. The lowest BCUT2D eigenvalue weighted by Gasteiger charge is -2.07. The first-order chi connectivity index (χ1) is 9.78. The van der Waals surface area contributed by atoms with Gasteiger partial charge in [0, 0.05) is 29.5 Å². The summed E-state index contributed by atoms with van der Waals surface area (Å²) >= 11 is 1.83. The Morgan fingerprint density at radius 2 is 2.25 bits per heavy atom. The third-order valence-corrected chi connectivity index (χ3v) is 4.68. The highest BCUT2D eigenvalue weighted by atomic mass is 32.2. The normalized spacial score (nSPS) is 22.1. The Morgan fingerprint density at radius 1 is 1.40 bits per heavy atom. The summed E-state index contributed by atoms with van der Waals surface area (Å²) < 4.78 is 10.7. The Balaban J connectivity index is 1.77. The summed E-state index contributed by atoms with van der Waals surface area (Å²) in [6.07, 6.45) is 0.600. The van der Waals surface area contributed by atoms with Crippen LogP contribution >= 0.6 is 11.8 Å². The Labute approximate surface area is 121 Å². The van der Waals surface area contributed by atoms with E-state index in [9.17, 15) is 0 Å². The third-order valence-electron chi connectivity index (χ3n) is 3.47. The number of para-hydroxylation sites is 1. The molecule has 1 fully saturated rings. The first-order valence-electron chi connectivity index (χ1n) is 6.55. The first-order valence-corrected chi connectivity index (χ1v) is 7.71. The number of methoxy groups -OCH3 is 1. The lowest BCUT2D eigenvalue weighted by atomic mass is 10.1. The minimum absolute atomic E-state index is 0.111. The molecule has 2 N–H and O–H groups in total. The van der Waals surface area contributed by atoms with E-state index in [1.165, 1.54) is 0 Å². The van der Waals surface area contributed by atoms with Gasteiger partial charge in [-0.25, -0.2) is 0 Å². The molecule has 2 heterocycles. The SMILES string of the molecule is COc1ccccc1Cc1noc(C2CSCC2N)n1. The van der Waals surface area contributed by atoms with Crippen molar-refractivity contribution in [3.8, 4) is 5.75 Å². The Kier molecular flexibility index (Phi) is 3.93. The quantitative estimate of drug-likeness (QED) is 0.926. The zero-order valence-electron chi connectivity index (χ0n) is 11.3. The monoisotopic (exact) mass is 291 g/mol. The molecule has 20 heavy (non-hydrogen) atoms. The molecule has 0 spiro atoms. The average molecular weight is 291 g/mol. The van der Waals surface area contributed by atoms with Gasteiger partial charge >= 0.3 is 0 Å². The van der Waals surface area contributed by atoms with Gasteiger partial charge in [-0.15, -0.1) is 0 Å². The van der Waals surface area contributed by atoms with Crippen LogP contribution in [-0.2, 0) is 6.42 Å². The van der Waals surface area contributed by atoms with Crippen LogP contribution in [0.2, 0.25) is 0 Å². The van der Waals surface area contributed by atoms with E-state index < -0.39 is 0 Å². The van der Waals surface area contributed by atoms with E-state index in [4.69, 9.17) is 15.0 Å². The molecule has 2 atom stereocenters. The summed E-state index contributed by atoms with van der Waals surface area (Å²) in [5.74, 6) is 4.26. The van der Waals surface area contributed by atoms with Gasteiger partial charge in [0.2, 0.25) is 5.89 Å². The summed E-state index contributed by atoms with van der Waals surface area (Å²) in [5.41, 5.74) is 7.10. The van der Waals surface area contributed by atoms with Gasteiger partial charge in [-0.1, -0.05) is 23.4 Å². The third kappa shape index (κ3) is 2.66. The van der Waals surface area contributed by atoms with E-state index in [1.807, 2.05) is 36.0 Å². The van der Waals surface area contributed by atoms with E-state index in [-0.39, 0.29) is 12.0 Å². The van der Waals surface area contributed by atoms with Crippen LogP contribution < -0.4 is 10.5 Å². The average Bonchev–Trinajstić information content (AvgIpc) is 3.08. The van der Waals surface area contributed by atoms with Gasteiger partial charge in [-0.3, -0.25) is 0 Å². The molecule has 0 bridgehead atoms. The molecule has 0 aliphatic carbocycles. The van der Waals surface area contributed by atoms with Crippen LogP contribution in [0.5, 0.6) is 5.75 Å². The standard InChI is InChI=1S/C14H17N3O2S/c1-18-12-5-3-2-4-9(12)6-13-16-14(19-17-13)10-7-20-8-11(10)15/h2-5,10-11H,6-8,15H2,1H3. The molecule has 1 saturated heterocycles. The summed E-state index contributed by atoms with van der Waals surface area (Å²) in [5, 5.41) is 4.06. The fourth-order valence-corrected chi connectivity index (χ4v) is 3.62. The van der Waals surface area contributed by atoms with Gasteiger partial charge in [0.15, 0.2) is 5.82 Å². The number of benzene rings is 1. The molecule has 5 nitrogen and oxygen atoms in total. The lowest BCUT2D eigenvalue weighted by Crippen LogP contribution is -2.26. The number of hydrogen-bond donors (Lipinski definition) is 1. The number of ether oxygens (including phenoxy) is 1. The number of rotatable bonds is 4. The number of nitrogens with zero attached hydrogens (tertiary/aromatic N) is 2. The molecule has 106 valence electrons. The molecule has 1 aromatic heterocycles. The molecule has 2 aromatic rings. The van der Waals surface area contributed by atoms with E-state index in [0.29, 0.717) is 18.1 Å². The molecule has 1 aromatic carbocycles. The van der Waals surface area contributed by atoms with E-state index >= 15 is 0 Å². The van der Waals surface area contributed by atoms with Crippen LogP contribution in [0.25, 0.3) is 0 Å². The van der Waals surface area contributed by atoms with Crippen molar-refractivity contribution in [1.82, 2.24) is 10.1 Å². The van der Waals surface area contributed by atoms with Crippen LogP contribution in [0.1, 0.15) is 23.2 Å². The largest absolute Gasteiger partial charge is 0.496 e. The maximum atomic E-state index is 6.05. The summed E-state index contributed by atoms with van der Waals surface area (Å²) in [6, 6.07) is 7.96. The van der Waals surface area contributed by atoms with Gasteiger partial charge < -0.3 is 15.0 Å². The van der Waals surface area contributed by atoms with E-state index in [0.717, 1.165) is 22.8 Å². The van der Waals surface area contributed by atoms with Crippen LogP contribution in [0, 0.1) is 0 Å². The van der Waals surface area contributed by atoms with Crippen molar-refractivity contribution in [3.05, 3.63) is 41.5 Å². The van der Waals surface area contributed by atoms with Crippen molar-refractivity contribution in [1.29, 1.82) is 0 Å². The minimum Gasteiger partial charge on any atom is -0.496 e. The summed E-state index contributed by atoms with van der Waals surface area (Å²) in [4.78, 5) is 4.49. The molecule has 3 rings (SSSR count). The van der Waals surface area contributed by atoms with Crippen LogP contribution in [0.15, 0.2) is 28.8 Å². The molecule has 0 amide bonds. The van der Waals surface area contributed by atoms with E-state index in [1.54, 1.807) is 7.11 Å². The lowest BCUT2D eigenvalue weighted by molar-refractivity contribution is 0.349. The number of aromatic nitrogens is 2. The molecular weight excluding hydrogens is 274 g/mol. The van der Waals surface area contributed by atoms with Crippen molar-refractivity contribution in [2.24, 2.45) is 5.73 Å². The predicted molar refractivity (Wildman–Crippen MR) is 78.1 cm³/mol. The molecule has 6 heteroatoms. The van der Waals surface area contributed by atoms with Crippen LogP contribution in [0.3, 0.4) is 0 Å². The minimum atomic E-state index is 0.111. The fraction of sp³-hybridized carbons (Fsp3) is 0.429. The molecule has 1 aliphatic rings. The van der Waals surface area contributed by atoms with Gasteiger partial charge in [0.25, 0.3) is 0 Å². The zero-order valence-corrected chi connectivity index (χ0v) is 12.1. The van der Waals surface area contributed by atoms with Crippen LogP contribution in [-0.4, -0.2) is 34.8 Å². The molecular formula is C14H17N3O2S. The second-order valence-corrected chi connectivity index (χ2v) is 5.92. The molecule has 1 aliphatic heterocycles. The van der Waals surface area contributed by atoms with Crippen LogP contribution in [0.4, 0.5) is 0 Å². The topological polar surface area (TPSA) is 74.2 Å². The highest BCUT2D eigenvalue weighted by molar-refractivity contribution is 7.99. The predicted octanol–water partition coefficient (Wildman–Crippen LogP) is 1.83. The van der Waals surface area contributed by atoms with Gasteiger partial charge in [0.1, 0.15) is 5.75 Å². The molecule has 0 radical (unpaired) electrons. The summed E-state index contributed by atoms with van der Waals surface area (Å²) in [6.45, 7) is 0. The molecule has 2 unspecified atom stereocenters. The Hall–Kier alpha value is -1.53. The maximum absolute atomic E-state index is 6.05. The van der Waals surface area contributed by atoms with Crippen molar-refractivity contribution in [3.63, 3.8) is 0 Å². The summed E-state index contributed by atoms with van der Waals surface area (Å²) in [7, 11) is 1.66. The van der Waals surface area contributed by atoms with Gasteiger partial charge in [-0.2, -0.15) is 16.7 Å². The first kappa shape index (κ1) is 13.5. The second-order valence-electron chi connectivity index (χ2n) is 4.85. The Bertz CT molecular complexity index is 587. The smallest absolute Gasteiger partial charge is 0.232 e. The molecule has 0 saturated carbocycles. The number of thioether (sulfide) groups is 1. The highest BCUT2D eigenvalue weighted by Crippen LogP contribution is 2.31. The van der Waals surface area contributed by atoms with Crippen molar-refractivity contribution < 1.29 is 9.26 Å².